The summed E-state index contributed by atoms with van der Waals surface area (Å²) in [7, 11) is 0. The van der Waals surface area contributed by atoms with Crippen LogP contribution >= 0.6 is 23.1 Å². The standard InChI is InChI=1S/C13H13N5OS2/c1-7-3-4-9-10(5-7)15-12(14-9)20-6-11(19)16-13-18-17-8(2)21-13/h3-5H,6H2,1-2H3,(H,14,15)(H,16,18,19). The van der Waals surface area contributed by atoms with Crippen molar-refractivity contribution in [1.82, 2.24) is 20.2 Å². The molecule has 0 bridgehead atoms. The summed E-state index contributed by atoms with van der Waals surface area (Å²) < 4.78 is 0. The molecule has 0 saturated carbocycles. The Bertz CT molecular complexity index is 795. The average Bonchev–Trinajstić information content (AvgIpc) is 3.02. The summed E-state index contributed by atoms with van der Waals surface area (Å²) in [5, 5.41) is 12.5. The van der Waals surface area contributed by atoms with E-state index in [0.717, 1.165) is 21.2 Å². The Morgan fingerprint density at radius 2 is 2.24 bits per heavy atom. The summed E-state index contributed by atoms with van der Waals surface area (Å²) in [6, 6.07) is 6.02. The highest BCUT2D eigenvalue weighted by Crippen LogP contribution is 2.21. The molecule has 0 unspecified atom stereocenters. The third kappa shape index (κ3) is 3.40. The maximum atomic E-state index is 11.8. The Kier molecular flexibility index (Phi) is 3.89. The minimum absolute atomic E-state index is 0.118. The van der Waals surface area contributed by atoms with Crippen LogP contribution in [0.3, 0.4) is 0 Å². The normalized spacial score (nSPS) is 11.0. The van der Waals surface area contributed by atoms with Crippen LogP contribution in [0.5, 0.6) is 0 Å². The Morgan fingerprint density at radius 1 is 1.38 bits per heavy atom. The lowest BCUT2D eigenvalue weighted by Gasteiger charge is -1.98. The van der Waals surface area contributed by atoms with Gasteiger partial charge >= 0.3 is 0 Å². The van der Waals surface area contributed by atoms with E-state index in [1.807, 2.05) is 32.0 Å². The van der Waals surface area contributed by atoms with Crippen molar-refractivity contribution in [2.45, 2.75) is 19.0 Å². The largest absolute Gasteiger partial charge is 0.333 e. The van der Waals surface area contributed by atoms with Crippen LogP contribution in [-0.4, -0.2) is 31.8 Å². The maximum Gasteiger partial charge on any atom is 0.236 e. The van der Waals surface area contributed by atoms with E-state index in [9.17, 15) is 4.79 Å². The Morgan fingerprint density at radius 3 is 3.00 bits per heavy atom. The van der Waals surface area contributed by atoms with Crippen LogP contribution in [0.4, 0.5) is 5.13 Å². The zero-order chi connectivity index (χ0) is 14.8. The van der Waals surface area contributed by atoms with Gasteiger partial charge in [-0.3, -0.25) is 10.1 Å². The maximum absolute atomic E-state index is 11.8. The van der Waals surface area contributed by atoms with Gasteiger partial charge in [-0.15, -0.1) is 10.2 Å². The van der Waals surface area contributed by atoms with Gasteiger partial charge in [-0.05, 0) is 31.5 Å². The minimum atomic E-state index is -0.118. The van der Waals surface area contributed by atoms with Crippen molar-refractivity contribution in [3.63, 3.8) is 0 Å². The third-order valence-corrected chi connectivity index (χ3v) is 4.36. The predicted octanol–water partition coefficient (Wildman–Crippen LogP) is 2.76. The van der Waals surface area contributed by atoms with Crippen LogP contribution in [0.25, 0.3) is 11.0 Å². The number of hydrogen-bond acceptors (Lipinski definition) is 6. The topological polar surface area (TPSA) is 83.6 Å². The molecule has 0 radical (unpaired) electrons. The monoisotopic (exact) mass is 319 g/mol. The Hall–Kier alpha value is -1.93. The molecule has 0 aliphatic rings. The first-order valence-electron chi connectivity index (χ1n) is 6.29. The second kappa shape index (κ2) is 5.82. The molecule has 3 aromatic rings. The molecule has 0 aliphatic heterocycles. The van der Waals surface area contributed by atoms with Gasteiger partial charge in [0.15, 0.2) is 5.16 Å². The highest BCUT2D eigenvalue weighted by molar-refractivity contribution is 7.99. The lowest BCUT2D eigenvalue weighted by molar-refractivity contribution is -0.113. The molecule has 0 atom stereocenters. The van der Waals surface area contributed by atoms with Crippen LogP contribution in [0.15, 0.2) is 23.4 Å². The molecule has 2 heterocycles. The summed E-state index contributed by atoms with van der Waals surface area (Å²) in [5.74, 6) is 0.157. The van der Waals surface area contributed by atoms with Crippen LogP contribution in [0.2, 0.25) is 0 Å². The first-order valence-corrected chi connectivity index (χ1v) is 8.09. The number of carbonyl (C=O) groups excluding carboxylic acids is 1. The quantitative estimate of drug-likeness (QED) is 0.722. The number of hydrogen-bond donors (Lipinski definition) is 2. The van der Waals surface area contributed by atoms with Gasteiger partial charge in [0.25, 0.3) is 0 Å². The van der Waals surface area contributed by atoms with Gasteiger partial charge in [-0.25, -0.2) is 4.98 Å². The van der Waals surface area contributed by atoms with Crippen LogP contribution < -0.4 is 5.32 Å². The molecule has 0 fully saturated rings. The highest BCUT2D eigenvalue weighted by atomic mass is 32.2. The molecule has 6 nitrogen and oxygen atoms in total. The SMILES string of the molecule is Cc1ccc2nc(SCC(=O)Nc3nnc(C)s3)[nH]c2c1. The summed E-state index contributed by atoms with van der Waals surface area (Å²) in [6.45, 7) is 3.88. The predicted molar refractivity (Wildman–Crippen MR) is 84.8 cm³/mol. The van der Waals surface area contributed by atoms with Gasteiger partial charge in [-0.1, -0.05) is 29.2 Å². The van der Waals surface area contributed by atoms with Crippen LogP contribution in [-0.2, 0) is 4.79 Å². The molecule has 1 aromatic carbocycles. The van der Waals surface area contributed by atoms with Crippen molar-refractivity contribution in [2.24, 2.45) is 0 Å². The van der Waals surface area contributed by atoms with Gasteiger partial charge in [0.1, 0.15) is 5.01 Å². The fourth-order valence-corrected chi connectivity index (χ4v) is 3.10. The average molecular weight is 319 g/mol. The molecule has 108 valence electrons. The summed E-state index contributed by atoms with van der Waals surface area (Å²) >= 11 is 2.72. The van der Waals surface area contributed by atoms with E-state index in [1.54, 1.807) is 0 Å². The zero-order valence-electron chi connectivity index (χ0n) is 11.5. The number of nitrogens with one attached hydrogen (secondary N) is 2. The number of aromatic amines is 1. The second-order valence-corrected chi connectivity index (χ2v) is 6.67. The van der Waals surface area contributed by atoms with E-state index in [-0.39, 0.29) is 11.7 Å². The second-order valence-electron chi connectivity index (χ2n) is 4.53. The summed E-state index contributed by atoms with van der Waals surface area (Å²) in [4.78, 5) is 19.5. The molecular weight excluding hydrogens is 306 g/mol. The number of anilines is 1. The van der Waals surface area contributed by atoms with E-state index in [4.69, 9.17) is 0 Å². The number of aryl methyl sites for hydroxylation is 2. The van der Waals surface area contributed by atoms with Gasteiger partial charge in [0, 0.05) is 0 Å². The Balaban J connectivity index is 1.61. The van der Waals surface area contributed by atoms with Gasteiger partial charge in [-0.2, -0.15) is 0 Å². The van der Waals surface area contributed by atoms with Crippen molar-refractivity contribution in [3.05, 3.63) is 28.8 Å². The summed E-state index contributed by atoms with van der Waals surface area (Å²) in [5.41, 5.74) is 3.06. The first-order chi connectivity index (χ1) is 10.1. The number of imidazole rings is 1. The van der Waals surface area contributed by atoms with Gasteiger partial charge in [0.05, 0.1) is 16.8 Å². The number of nitrogens with zero attached hydrogens (tertiary/aromatic N) is 3. The van der Waals surface area contributed by atoms with E-state index < -0.39 is 0 Å². The van der Waals surface area contributed by atoms with Crippen molar-refractivity contribution in [1.29, 1.82) is 0 Å². The van der Waals surface area contributed by atoms with E-state index in [1.165, 1.54) is 28.7 Å². The van der Waals surface area contributed by atoms with Crippen molar-refractivity contribution < 1.29 is 4.79 Å². The molecule has 0 aliphatic carbocycles. The molecule has 1 amide bonds. The molecule has 2 N–H and O–H groups in total. The lowest BCUT2D eigenvalue weighted by Crippen LogP contribution is -2.13. The number of thioether (sulfide) groups is 1. The third-order valence-electron chi connectivity index (χ3n) is 2.73. The summed E-state index contributed by atoms with van der Waals surface area (Å²) in [6.07, 6.45) is 0. The highest BCUT2D eigenvalue weighted by Gasteiger charge is 2.09. The van der Waals surface area contributed by atoms with Crippen LogP contribution in [0.1, 0.15) is 10.6 Å². The van der Waals surface area contributed by atoms with E-state index in [0.29, 0.717) is 5.13 Å². The van der Waals surface area contributed by atoms with E-state index in [2.05, 4.69) is 25.5 Å². The molecule has 21 heavy (non-hydrogen) atoms. The molecule has 0 saturated heterocycles. The lowest BCUT2D eigenvalue weighted by atomic mass is 10.2. The first kappa shape index (κ1) is 14.0. The van der Waals surface area contributed by atoms with Crippen molar-refractivity contribution in [2.75, 3.05) is 11.1 Å². The van der Waals surface area contributed by atoms with Crippen LogP contribution in [0, 0.1) is 13.8 Å². The van der Waals surface area contributed by atoms with E-state index >= 15 is 0 Å². The molecule has 0 spiro atoms. The molecule has 8 heteroatoms. The number of fused-ring (bicyclic) bond motifs is 1. The fraction of sp³-hybridized carbons (Fsp3) is 0.231. The Labute approximate surface area is 129 Å². The minimum Gasteiger partial charge on any atom is -0.333 e. The number of benzene rings is 1. The smallest absolute Gasteiger partial charge is 0.236 e. The number of rotatable bonds is 4. The van der Waals surface area contributed by atoms with Gasteiger partial charge in [0.2, 0.25) is 11.0 Å². The van der Waals surface area contributed by atoms with Crippen molar-refractivity contribution in [3.8, 4) is 0 Å². The molecule has 2 aromatic heterocycles. The number of amides is 1. The fourth-order valence-electron chi connectivity index (χ4n) is 1.80. The number of H-pyrrole nitrogens is 1. The van der Waals surface area contributed by atoms with Crippen molar-refractivity contribution >= 4 is 45.2 Å². The number of carbonyl (C=O) groups is 1. The van der Waals surface area contributed by atoms with Gasteiger partial charge < -0.3 is 4.98 Å². The zero-order valence-corrected chi connectivity index (χ0v) is 13.1. The molecular formula is C13H13N5OS2. The number of aromatic nitrogens is 4. The molecule has 3 rings (SSSR count).